The van der Waals surface area contributed by atoms with Gasteiger partial charge in [-0.25, -0.2) is 21.6 Å². The number of nitrogens with one attached hydrogen (secondary N) is 2. The molecule has 1 unspecified atom stereocenters. The van der Waals surface area contributed by atoms with Crippen molar-refractivity contribution in [2.45, 2.75) is 92.1 Å². The fourth-order valence-corrected chi connectivity index (χ4v) is 13.7. The zero-order valence-electron chi connectivity index (χ0n) is 41.1. The topological polar surface area (TPSA) is 122 Å². The van der Waals surface area contributed by atoms with E-state index in [2.05, 4.69) is 71.7 Å². The van der Waals surface area contributed by atoms with E-state index in [1.807, 2.05) is 47.2 Å². The Morgan fingerprint density at radius 2 is 1.48 bits per heavy atom. The second kappa shape index (κ2) is 21.4. The predicted molar refractivity (Wildman–Crippen MR) is 279 cm³/mol. The minimum atomic E-state index is -6.06. The zero-order chi connectivity index (χ0) is 50.9. The zero-order valence-corrected chi connectivity index (χ0v) is 44.3. The van der Waals surface area contributed by atoms with Crippen LogP contribution in [0.5, 0.6) is 0 Å². The maximum Gasteiger partial charge on any atom is 0.501 e. The van der Waals surface area contributed by atoms with Crippen LogP contribution in [0.25, 0.3) is 5.57 Å². The number of fused-ring (bicyclic) bond motifs is 1. The summed E-state index contributed by atoms with van der Waals surface area (Å²) in [7, 11) is -10.9. The van der Waals surface area contributed by atoms with Crippen LogP contribution in [0.1, 0.15) is 76.2 Å². The number of piperazine rings is 1. The molecule has 3 heterocycles. The molecule has 0 bridgehead atoms. The lowest BCUT2D eigenvalue weighted by Crippen LogP contribution is -2.53. The van der Waals surface area contributed by atoms with Gasteiger partial charge >= 0.3 is 5.51 Å². The number of hydrogen-bond donors (Lipinski definition) is 2. The molecule has 8 rings (SSSR count). The van der Waals surface area contributed by atoms with E-state index in [9.17, 15) is 34.8 Å². The third-order valence-corrected chi connectivity index (χ3v) is 18.9. The lowest BCUT2D eigenvalue weighted by atomic mass is 9.73. The van der Waals surface area contributed by atoms with E-state index in [1.165, 1.54) is 40.6 Å². The molecule has 1 aliphatic carbocycles. The summed E-state index contributed by atoms with van der Waals surface area (Å²) in [5.41, 5.74) is -0.765. The number of rotatable bonds is 16. The van der Waals surface area contributed by atoms with E-state index < -0.39 is 47.1 Å². The van der Waals surface area contributed by atoms with Crippen molar-refractivity contribution in [1.82, 2.24) is 19.4 Å². The summed E-state index contributed by atoms with van der Waals surface area (Å²) in [6.45, 7) is 19.7. The van der Waals surface area contributed by atoms with Gasteiger partial charge in [0.05, 0.1) is 10.6 Å². The molecular formula is C53H66ClF3N6O5S3. The molecule has 3 fully saturated rings. The molecule has 4 aliphatic rings. The minimum Gasteiger partial charge on any atom is -0.380 e. The molecule has 18 heteroatoms. The maximum atomic E-state index is 14.3. The van der Waals surface area contributed by atoms with Gasteiger partial charge in [0, 0.05) is 104 Å². The maximum absolute atomic E-state index is 14.3. The number of halogens is 4. The van der Waals surface area contributed by atoms with Gasteiger partial charge in [0.2, 0.25) is 0 Å². The number of sulfonamides is 1. The summed E-state index contributed by atoms with van der Waals surface area (Å²) in [5, 5.41) is 3.79. The Kier molecular flexibility index (Phi) is 16.0. The largest absolute Gasteiger partial charge is 0.501 e. The molecule has 71 heavy (non-hydrogen) atoms. The molecular weight excluding hydrogens is 989 g/mol. The van der Waals surface area contributed by atoms with Crippen molar-refractivity contribution in [2.24, 2.45) is 17.3 Å². The molecule has 4 aromatic rings. The van der Waals surface area contributed by atoms with Gasteiger partial charge in [0.25, 0.3) is 25.8 Å². The summed E-state index contributed by atoms with van der Waals surface area (Å²) < 4.78 is 98.7. The van der Waals surface area contributed by atoms with Crippen molar-refractivity contribution in [3.8, 4) is 0 Å². The van der Waals surface area contributed by atoms with Crippen LogP contribution < -0.4 is 14.9 Å². The average molecular weight is 1060 g/mol. The molecule has 384 valence electrons. The van der Waals surface area contributed by atoms with Crippen LogP contribution in [-0.2, 0) is 19.9 Å². The number of anilines is 2. The van der Waals surface area contributed by atoms with Gasteiger partial charge < -0.3 is 15.1 Å². The van der Waals surface area contributed by atoms with E-state index in [0.717, 1.165) is 106 Å². The summed E-state index contributed by atoms with van der Waals surface area (Å²) in [4.78, 5) is 21.9. The van der Waals surface area contributed by atoms with Crippen LogP contribution >= 0.6 is 23.4 Å². The van der Waals surface area contributed by atoms with Crippen molar-refractivity contribution in [1.29, 1.82) is 0 Å². The molecule has 0 radical (unpaired) electrons. The molecule has 0 spiro atoms. The molecule has 3 saturated heterocycles. The Balaban J connectivity index is 0.921. The SMILES string of the molecule is CC1(C)CCC(c2ccc(Cl)cc2)=C(CN2C[C@@H]3CN(c4ccc(C(=O)NS(=O)(=O)c5ccc(NC(CCN6CCN(C(C)(C)C)CC6)CSc6ccccc6)c(S(=O)(=O)C(F)(F)F)c5)cc4)C[C@H]3C2)C1. The number of thioether (sulfide) groups is 1. The van der Waals surface area contributed by atoms with Crippen molar-refractivity contribution >= 4 is 66.1 Å². The molecule has 0 aromatic heterocycles. The summed E-state index contributed by atoms with van der Waals surface area (Å²) in [6, 6.07) is 26.2. The lowest BCUT2D eigenvalue weighted by Gasteiger charge is -2.42. The van der Waals surface area contributed by atoms with Gasteiger partial charge in [-0.1, -0.05) is 61.4 Å². The van der Waals surface area contributed by atoms with Crippen LogP contribution in [0.2, 0.25) is 5.02 Å². The molecule has 3 atom stereocenters. The first-order valence-corrected chi connectivity index (χ1v) is 28.8. The Bertz CT molecular complexity index is 2770. The van der Waals surface area contributed by atoms with Gasteiger partial charge in [-0.2, -0.15) is 13.2 Å². The van der Waals surface area contributed by atoms with Gasteiger partial charge in [-0.05, 0) is 142 Å². The predicted octanol–water partition coefficient (Wildman–Crippen LogP) is 10.2. The van der Waals surface area contributed by atoms with Gasteiger partial charge in [-0.15, -0.1) is 11.8 Å². The van der Waals surface area contributed by atoms with Crippen LogP contribution in [-0.4, -0.2) is 126 Å². The molecule has 3 aliphatic heterocycles. The van der Waals surface area contributed by atoms with E-state index >= 15 is 0 Å². The van der Waals surface area contributed by atoms with E-state index in [0.29, 0.717) is 36.6 Å². The Morgan fingerprint density at radius 1 is 0.831 bits per heavy atom. The summed E-state index contributed by atoms with van der Waals surface area (Å²) in [6.07, 6.45) is 3.71. The first kappa shape index (κ1) is 53.2. The van der Waals surface area contributed by atoms with Crippen LogP contribution in [0.3, 0.4) is 0 Å². The first-order valence-electron chi connectivity index (χ1n) is 24.4. The number of likely N-dealkylation sites (tertiary alicyclic amines) is 1. The smallest absolute Gasteiger partial charge is 0.380 e. The standard InChI is InChI=1S/C53H66ClF3N6O5S3/c1-51(2,3)63-27-25-60(26-28-63)24-22-43(36-69-45-9-7-6-8-10-45)58-48-20-19-46(29-49(48)70(65,66)53(55,56)57)71(67,68)59-50(64)38-13-17-44(18-14-38)62-34-40-32-61(33-41(40)35-62)31-39-30-52(4,5)23-21-47(39)37-11-15-42(54)16-12-37/h6-20,29,40-41,43,58H,21-28,30-36H2,1-5H3,(H,59,64)/t40-,41-,43?/m1/s1. The molecule has 4 aromatic carbocycles. The van der Waals surface area contributed by atoms with Gasteiger partial charge in [0.1, 0.15) is 4.90 Å². The van der Waals surface area contributed by atoms with Gasteiger partial charge in [0.15, 0.2) is 0 Å². The monoisotopic (exact) mass is 1050 g/mol. The van der Waals surface area contributed by atoms with E-state index in [1.54, 1.807) is 12.1 Å². The quantitative estimate of drug-likeness (QED) is 0.104. The fourth-order valence-electron chi connectivity index (χ4n) is 10.6. The Hall–Kier alpha value is -4.10. The van der Waals surface area contributed by atoms with E-state index in [4.69, 9.17) is 11.6 Å². The number of carbonyl (C=O) groups is 1. The second-order valence-electron chi connectivity index (χ2n) is 21.4. The normalized spacial score (nSPS) is 21.1. The van der Waals surface area contributed by atoms with Crippen molar-refractivity contribution < 1.29 is 34.8 Å². The lowest BCUT2D eigenvalue weighted by molar-refractivity contribution is -0.0435. The molecule has 1 amide bonds. The number of allylic oxidation sites excluding steroid dienone is 1. The van der Waals surface area contributed by atoms with Crippen LogP contribution in [0, 0.1) is 17.3 Å². The van der Waals surface area contributed by atoms with Crippen LogP contribution in [0.15, 0.2) is 117 Å². The number of hydrogen-bond acceptors (Lipinski definition) is 11. The number of nitrogens with zero attached hydrogens (tertiary/aromatic N) is 4. The van der Waals surface area contributed by atoms with Crippen molar-refractivity contribution in [2.75, 3.05) is 81.4 Å². The molecule has 11 nitrogen and oxygen atoms in total. The first-order chi connectivity index (χ1) is 33.4. The summed E-state index contributed by atoms with van der Waals surface area (Å²) in [5.74, 6) is 0.304. The highest BCUT2D eigenvalue weighted by atomic mass is 35.5. The second-order valence-corrected chi connectivity index (χ2v) is 26.5. The third kappa shape index (κ3) is 13.0. The summed E-state index contributed by atoms with van der Waals surface area (Å²) >= 11 is 7.69. The highest BCUT2D eigenvalue weighted by molar-refractivity contribution is 7.99. The molecule has 0 saturated carbocycles. The number of sulfone groups is 1. The van der Waals surface area contributed by atoms with Crippen molar-refractivity contribution in [3.63, 3.8) is 0 Å². The highest BCUT2D eigenvalue weighted by Crippen LogP contribution is 2.44. The minimum absolute atomic E-state index is 0.0167. The van der Waals surface area contributed by atoms with Gasteiger partial charge in [-0.3, -0.25) is 14.6 Å². The highest BCUT2D eigenvalue weighted by Gasteiger charge is 2.49. The van der Waals surface area contributed by atoms with Crippen LogP contribution in [0.4, 0.5) is 24.5 Å². The Morgan fingerprint density at radius 3 is 2.10 bits per heavy atom. The average Bonchev–Trinajstić information content (AvgIpc) is 3.89. The number of alkyl halides is 3. The number of amides is 1. The number of carbonyl (C=O) groups excluding carboxylic acids is 1. The van der Waals surface area contributed by atoms with Crippen molar-refractivity contribution in [3.05, 3.63) is 119 Å². The Labute approximate surface area is 427 Å². The number of benzene rings is 4. The fraction of sp³-hybridized carbons (Fsp3) is 0.491. The van der Waals surface area contributed by atoms with E-state index in [-0.39, 0.29) is 22.2 Å². The third-order valence-electron chi connectivity index (χ3n) is 14.6. The molecule has 2 N–H and O–H groups in total.